The van der Waals surface area contributed by atoms with Crippen molar-refractivity contribution in [2.45, 2.75) is 24.9 Å². The van der Waals surface area contributed by atoms with Crippen molar-refractivity contribution in [2.75, 3.05) is 20.3 Å². The van der Waals surface area contributed by atoms with Crippen LogP contribution in [0.2, 0.25) is 0 Å². The van der Waals surface area contributed by atoms with Gasteiger partial charge in [0.05, 0.1) is 18.3 Å². The Morgan fingerprint density at radius 1 is 1.25 bits per heavy atom. The van der Waals surface area contributed by atoms with Crippen LogP contribution >= 0.6 is 0 Å². The summed E-state index contributed by atoms with van der Waals surface area (Å²) in [4.78, 5) is 8.23. The van der Waals surface area contributed by atoms with Crippen molar-refractivity contribution in [3.8, 4) is 6.01 Å². The zero-order valence-corrected chi connectivity index (χ0v) is 13.4. The summed E-state index contributed by atoms with van der Waals surface area (Å²) in [6.07, 6.45) is 2.80. The SMILES string of the molecule is COc1nccc(CNC2(c3ccc(F)cc3F)CCOCC2)n1. The summed E-state index contributed by atoms with van der Waals surface area (Å²) in [7, 11) is 1.50. The van der Waals surface area contributed by atoms with Gasteiger partial charge in [-0.2, -0.15) is 4.98 Å². The Morgan fingerprint density at radius 3 is 2.75 bits per heavy atom. The van der Waals surface area contributed by atoms with Gasteiger partial charge in [0.2, 0.25) is 0 Å². The van der Waals surface area contributed by atoms with Crippen LogP contribution in [0.1, 0.15) is 24.1 Å². The first-order valence-electron chi connectivity index (χ1n) is 7.77. The molecular weight excluding hydrogens is 316 g/mol. The molecule has 1 fully saturated rings. The topological polar surface area (TPSA) is 56.3 Å². The van der Waals surface area contributed by atoms with Crippen molar-refractivity contribution < 1.29 is 18.3 Å². The number of nitrogens with zero attached hydrogens (tertiary/aromatic N) is 2. The molecule has 1 aromatic heterocycles. The van der Waals surface area contributed by atoms with E-state index >= 15 is 0 Å². The molecule has 1 aromatic carbocycles. The summed E-state index contributed by atoms with van der Waals surface area (Å²) < 4.78 is 38.0. The fourth-order valence-electron chi connectivity index (χ4n) is 2.97. The molecule has 0 unspecified atom stereocenters. The lowest BCUT2D eigenvalue weighted by Gasteiger charge is -2.39. The van der Waals surface area contributed by atoms with E-state index in [4.69, 9.17) is 9.47 Å². The van der Waals surface area contributed by atoms with Gasteiger partial charge in [0.25, 0.3) is 0 Å². The quantitative estimate of drug-likeness (QED) is 0.910. The van der Waals surface area contributed by atoms with Crippen molar-refractivity contribution in [3.05, 3.63) is 53.4 Å². The van der Waals surface area contributed by atoms with Gasteiger partial charge in [0.1, 0.15) is 11.6 Å². The zero-order valence-electron chi connectivity index (χ0n) is 13.4. The number of nitrogens with one attached hydrogen (secondary N) is 1. The normalized spacial score (nSPS) is 16.8. The number of methoxy groups -OCH3 is 1. The largest absolute Gasteiger partial charge is 0.467 e. The molecule has 128 valence electrons. The maximum Gasteiger partial charge on any atom is 0.316 e. The summed E-state index contributed by atoms with van der Waals surface area (Å²) >= 11 is 0. The summed E-state index contributed by atoms with van der Waals surface area (Å²) in [5.74, 6) is -1.14. The van der Waals surface area contributed by atoms with Crippen LogP contribution in [0.5, 0.6) is 6.01 Å². The second-order valence-corrected chi connectivity index (χ2v) is 5.71. The van der Waals surface area contributed by atoms with E-state index in [9.17, 15) is 8.78 Å². The van der Waals surface area contributed by atoms with E-state index < -0.39 is 17.2 Å². The predicted molar refractivity (Wildman–Crippen MR) is 83.5 cm³/mol. The van der Waals surface area contributed by atoms with Crippen molar-refractivity contribution in [1.82, 2.24) is 15.3 Å². The van der Waals surface area contributed by atoms with Crippen molar-refractivity contribution in [1.29, 1.82) is 0 Å². The van der Waals surface area contributed by atoms with Crippen molar-refractivity contribution in [3.63, 3.8) is 0 Å². The maximum absolute atomic E-state index is 14.4. The summed E-state index contributed by atoms with van der Waals surface area (Å²) in [5, 5.41) is 3.39. The first kappa shape index (κ1) is 16.7. The van der Waals surface area contributed by atoms with Crippen LogP contribution in [0.3, 0.4) is 0 Å². The summed E-state index contributed by atoms with van der Waals surface area (Å²) in [6.45, 7) is 1.43. The molecule has 5 nitrogen and oxygen atoms in total. The highest BCUT2D eigenvalue weighted by molar-refractivity contribution is 5.28. The van der Waals surface area contributed by atoms with Crippen LogP contribution in [-0.4, -0.2) is 30.3 Å². The smallest absolute Gasteiger partial charge is 0.316 e. The van der Waals surface area contributed by atoms with Gasteiger partial charge >= 0.3 is 6.01 Å². The van der Waals surface area contributed by atoms with Crippen LogP contribution in [-0.2, 0) is 16.8 Å². The van der Waals surface area contributed by atoms with Crippen LogP contribution in [0.15, 0.2) is 30.5 Å². The highest BCUT2D eigenvalue weighted by Gasteiger charge is 2.36. The van der Waals surface area contributed by atoms with E-state index in [-0.39, 0.29) is 6.01 Å². The minimum Gasteiger partial charge on any atom is -0.467 e. The average Bonchev–Trinajstić information content (AvgIpc) is 2.61. The Kier molecular flexibility index (Phi) is 5.01. The van der Waals surface area contributed by atoms with Gasteiger partial charge < -0.3 is 14.8 Å². The van der Waals surface area contributed by atoms with Gasteiger partial charge in [-0.25, -0.2) is 13.8 Å². The molecule has 0 bridgehead atoms. The average molecular weight is 335 g/mol. The molecule has 0 spiro atoms. The molecule has 7 heteroatoms. The van der Waals surface area contributed by atoms with Crippen molar-refractivity contribution in [2.24, 2.45) is 0 Å². The number of aromatic nitrogens is 2. The lowest BCUT2D eigenvalue weighted by molar-refractivity contribution is 0.0342. The predicted octanol–water partition coefficient (Wildman–Crippen LogP) is 2.56. The van der Waals surface area contributed by atoms with Crippen LogP contribution < -0.4 is 10.1 Å². The molecule has 0 atom stereocenters. The molecule has 0 aliphatic carbocycles. The molecular formula is C17H19F2N3O2. The molecule has 1 N–H and O–H groups in total. The monoisotopic (exact) mass is 335 g/mol. The highest BCUT2D eigenvalue weighted by atomic mass is 19.1. The third-order valence-corrected chi connectivity index (χ3v) is 4.27. The molecule has 24 heavy (non-hydrogen) atoms. The van der Waals surface area contributed by atoms with Crippen LogP contribution in [0.25, 0.3) is 0 Å². The maximum atomic E-state index is 14.4. The fraction of sp³-hybridized carbons (Fsp3) is 0.412. The van der Waals surface area contributed by atoms with Crippen LogP contribution in [0, 0.1) is 11.6 Å². The van der Waals surface area contributed by atoms with E-state index in [0.717, 1.165) is 11.8 Å². The van der Waals surface area contributed by atoms with Gasteiger partial charge in [-0.3, -0.25) is 0 Å². The molecule has 0 radical (unpaired) electrons. The lowest BCUT2D eigenvalue weighted by Crippen LogP contribution is -2.47. The van der Waals surface area contributed by atoms with Gasteiger partial charge in [-0.05, 0) is 25.0 Å². The van der Waals surface area contributed by atoms with E-state index in [0.29, 0.717) is 38.2 Å². The number of rotatable bonds is 5. The molecule has 3 rings (SSSR count). The highest BCUT2D eigenvalue weighted by Crippen LogP contribution is 2.34. The van der Waals surface area contributed by atoms with Gasteiger partial charge in [-0.15, -0.1) is 0 Å². The Labute approximate surface area is 139 Å². The van der Waals surface area contributed by atoms with Crippen molar-refractivity contribution >= 4 is 0 Å². The molecule has 2 heterocycles. The first-order chi connectivity index (χ1) is 11.6. The van der Waals surface area contributed by atoms with E-state index in [1.165, 1.54) is 19.2 Å². The Balaban J connectivity index is 1.85. The number of hydrogen-bond donors (Lipinski definition) is 1. The number of hydrogen-bond acceptors (Lipinski definition) is 5. The minimum absolute atomic E-state index is 0.281. The Hall–Kier alpha value is -2.12. The lowest BCUT2D eigenvalue weighted by atomic mass is 9.82. The summed E-state index contributed by atoms with van der Waals surface area (Å²) in [5.41, 5.74) is 0.567. The number of benzene rings is 1. The van der Waals surface area contributed by atoms with Gasteiger partial charge in [-0.1, -0.05) is 6.07 Å². The summed E-state index contributed by atoms with van der Waals surface area (Å²) in [6, 6.07) is 5.75. The first-order valence-corrected chi connectivity index (χ1v) is 7.77. The third kappa shape index (κ3) is 3.52. The second kappa shape index (κ2) is 7.19. The van der Waals surface area contributed by atoms with Gasteiger partial charge in [0.15, 0.2) is 0 Å². The second-order valence-electron chi connectivity index (χ2n) is 5.71. The van der Waals surface area contributed by atoms with Gasteiger partial charge in [0, 0.05) is 37.6 Å². The Bertz CT molecular complexity index is 706. The van der Waals surface area contributed by atoms with E-state index in [2.05, 4.69) is 15.3 Å². The van der Waals surface area contributed by atoms with Crippen LogP contribution in [0.4, 0.5) is 8.78 Å². The number of halogens is 2. The Morgan fingerprint density at radius 2 is 2.04 bits per heavy atom. The molecule has 1 saturated heterocycles. The molecule has 2 aromatic rings. The standard InChI is InChI=1S/C17H19F2N3O2/c1-23-16-20-7-4-13(22-16)11-21-17(5-8-24-9-6-17)14-3-2-12(18)10-15(14)19/h2-4,7,10,21H,5-6,8-9,11H2,1H3. The van der Waals surface area contributed by atoms with E-state index in [1.54, 1.807) is 12.3 Å². The number of ether oxygens (including phenoxy) is 2. The third-order valence-electron chi connectivity index (χ3n) is 4.27. The minimum atomic E-state index is -0.617. The molecule has 1 aliphatic heterocycles. The molecule has 1 aliphatic rings. The molecule has 0 saturated carbocycles. The fourth-order valence-corrected chi connectivity index (χ4v) is 2.97. The van der Waals surface area contributed by atoms with E-state index in [1.807, 2.05) is 0 Å². The zero-order chi connectivity index (χ0) is 17.0. The molecule has 0 amide bonds.